The molecule has 26 heavy (non-hydrogen) atoms. The van der Waals surface area contributed by atoms with Crippen molar-refractivity contribution in [2.45, 2.75) is 5.41 Å². The standard InChI is InChI=1S/C21H11ClN4/c22-20-16-12(7-11-26-20)21(13-4-1-8-23-17(13)16)14-5-2-9-24-18(14)19-15(21)6-3-10-25-19/h1-11H. The highest BCUT2D eigenvalue weighted by Crippen LogP contribution is 2.61. The Morgan fingerprint density at radius 3 is 1.73 bits per heavy atom. The lowest BCUT2D eigenvalue weighted by atomic mass is 9.71. The summed E-state index contributed by atoms with van der Waals surface area (Å²) in [4.78, 5) is 18.3. The maximum absolute atomic E-state index is 6.53. The zero-order valence-electron chi connectivity index (χ0n) is 13.5. The summed E-state index contributed by atoms with van der Waals surface area (Å²) in [5, 5.41) is 0.474. The van der Waals surface area contributed by atoms with E-state index in [1.807, 2.05) is 36.7 Å². The van der Waals surface area contributed by atoms with E-state index in [0.717, 1.165) is 44.9 Å². The van der Waals surface area contributed by atoms with Crippen molar-refractivity contribution in [1.29, 1.82) is 0 Å². The molecule has 4 aromatic rings. The third-order valence-electron chi connectivity index (χ3n) is 5.40. The summed E-state index contributed by atoms with van der Waals surface area (Å²) in [5.41, 5.74) is 7.53. The summed E-state index contributed by atoms with van der Waals surface area (Å²) in [7, 11) is 0. The van der Waals surface area contributed by atoms with Crippen LogP contribution >= 0.6 is 11.6 Å². The molecule has 5 heteroatoms. The van der Waals surface area contributed by atoms with Crippen LogP contribution in [0.4, 0.5) is 0 Å². The molecule has 1 spiro atoms. The van der Waals surface area contributed by atoms with Gasteiger partial charge in [0.05, 0.1) is 22.5 Å². The van der Waals surface area contributed by atoms with Crippen molar-refractivity contribution in [3.05, 3.63) is 94.7 Å². The van der Waals surface area contributed by atoms with Crippen LogP contribution in [0.5, 0.6) is 0 Å². The van der Waals surface area contributed by atoms with Crippen LogP contribution in [0.2, 0.25) is 5.15 Å². The Hall–Kier alpha value is -3.11. The fourth-order valence-corrected chi connectivity index (χ4v) is 4.79. The third-order valence-corrected chi connectivity index (χ3v) is 5.69. The van der Waals surface area contributed by atoms with Crippen LogP contribution in [-0.2, 0) is 5.41 Å². The summed E-state index contributed by atoms with van der Waals surface area (Å²) >= 11 is 6.53. The van der Waals surface area contributed by atoms with E-state index in [4.69, 9.17) is 11.6 Å². The van der Waals surface area contributed by atoms with Gasteiger partial charge in [0.25, 0.3) is 0 Å². The topological polar surface area (TPSA) is 51.6 Å². The average molecular weight is 355 g/mol. The normalized spacial score (nSPS) is 14.7. The highest BCUT2D eigenvalue weighted by atomic mass is 35.5. The van der Waals surface area contributed by atoms with Gasteiger partial charge < -0.3 is 0 Å². The van der Waals surface area contributed by atoms with E-state index < -0.39 is 5.41 Å². The Kier molecular flexibility index (Phi) is 2.57. The molecule has 4 heterocycles. The maximum Gasteiger partial charge on any atom is 0.138 e. The van der Waals surface area contributed by atoms with Gasteiger partial charge >= 0.3 is 0 Å². The minimum absolute atomic E-state index is 0.474. The van der Waals surface area contributed by atoms with E-state index in [9.17, 15) is 0 Å². The van der Waals surface area contributed by atoms with Gasteiger partial charge in [-0.1, -0.05) is 29.8 Å². The third kappa shape index (κ3) is 1.43. The van der Waals surface area contributed by atoms with E-state index in [0.29, 0.717) is 5.15 Å². The lowest BCUT2D eigenvalue weighted by Gasteiger charge is -2.29. The molecular weight excluding hydrogens is 344 g/mol. The number of nitrogens with zero attached hydrogens (tertiary/aromatic N) is 4. The second kappa shape index (κ2) is 4.74. The van der Waals surface area contributed by atoms with Crippen LogP contribution in [0.25, 0.3) is 22.6 Å². The minimum Gasteiger partial charge on any atom is -0.256 e. The predicted octanol–water partition coefficient (Wildman–Crippen LogP) is 4.26. The fourth-order valence-electron chi connectivity index (χ4n) is 4.54. The molecule has 0 fully saturated rings. The molecule has 0 saturated heterocycles. The van der Waals surface area contributed by atoms with Crippen LogP contribution in [0.1, 0.15) is 22.3 Å². The Labute approximate surface area is 154 Å². The van der Waals surface area contributed by atoms with Crippen molar-refractivity contribution >= 4 is 11.6 Å². The summed E-state index contributed by atoms with van der Waals surface area (Å²) in [5.74, 6) is 0. The van der Waals surface area contributed by atoms with Crippen molar-refractivity contribution in [1.82, 2.24) is 19.9 Å². The molecule has 0 aromatic carbocycles. The Balaban J connectivity index is 1.89. The molecule has 0 amide bonds. The lowest BCUT2D eigenvalue weighted by molar-refractivity contribution is 0.786. The van der Waals surface area contributed by atoms with E-state index >= 15 is 0 Å². The second-order valence-electron chi connectivity index (χ2n) is 6.47. The summed E-state index contributed by atoms with van der Waals surface area (Å²) < 4.78 is 0. The van der Waals surface area contributed by atoms with E-state index in [2.05, 4.69) is 38.1 Å². The number of fused-ring (bicyclic) bond motifs is 10. The average Bonchev–Trinajstić information content (AvgIpc) is 3.16. The zero-order valence-corrected chi connectivity index (χ0v) is 14.3. The van der Waals surface area contributed by atoms with Crippen molar-refractivity contribution in [2.24, 2.45) is 0 Å². The van der Waals surface area contributed by atoms with Crippen LogP contribution in [0.15, 0.2) is 67.3 Å². The number of hydrogen-bond acceptors (Lipinski definition) is 4. The Morgan fingerprint density at radius 1 is 0.577 bits per heavy atom. The Morgan fingerprint density at radius 2 is 1.12 bits per heavy atom. The summed E-state index contributed by atoms with van der Waals surface area (Å²) in [6.07, 6.45) is 7.19. The molecule has 0 bridgehead atoms. The summed E-state index contributed by atoms with van der Waals surface area (Å²) in [6.45, 7) is 0. The first-order valence-electron chi connectivity index (χ1n) is 8.35. The molecule has 0 N–H and O–H groups in total. The van der Waals surface area contributed by atoms with Gasteiger partial charge in [0.2, 0.25) is 0 Å². The summed E-state index contributed by atoms with van der Waals surface area (Å²) in [6, 6.07) is 14.3. The molecule has 122 valence electrons. The smallest absolute Gasteiger partial charge is 0.138 e. The van der Waals surface area contributed by atoms with Crippen LogP contribution < -0.4 is 0 Å². The zero-order chi connectivity index (χ0) is 17.3. The van der Waals surface area contributed by atoms with Crippen LogP contribution in [0, 0.1) is 0 Å². The number of halogens is 1. The molecule has 2 aliphatic rings. The van der Waals surface area contributed by atoms with Gasteiger partial charge in [-0.2, -0.15) is 0 Å². The van der Waals surface area contributed by atoms with Crippen LogP contribution in [0.3, 0.4) is 0 Å². The van der Waals surface area contributed by atoms with Gasteiger partial charge in [0.15, 0.2) is 0 Å². The first-order chi connectivity index (χ1) is 12.8. The van der Waals surface area contributed by atoms with Crippen molar-refractivity contribution in [3.8, 4) is 22.6 Å². The maximum atomic E-state index is 6.53. The number of pyridine rings is 4. The number of hydrogen-bond donors (Lipinski definition) is 0. The van der Waals surface area contributed by atoms with E-state index in [1.165, 1.54) is 0 Å². The predicted molar refractivity (Wildman–Crippen MR) is 98.9 cm³/mol. The first kappa shape index (κ1) is 14.1. The number of aromatic nitrogens is 4. The van der Waals surface area contributed by atoms with E-state index in [-0.39, 0.29) is 0 Å². The van der Waals surface area contributed by atoms with Gasteiger partial charge in [-0.25, -0.2) is 4.98 Å². The van der Waals surface area contributed by atoms with Gasteiger partial charge in [0, 0.05) is 30.4 Å². The van der Waals surface area contributed by atoms with E-state index in [1.54, 1.807) is 12.4 Å². The van der Waals surface area contributed by atoms with Crippen molar-refractivity contribution < 1.29 is 0 Å². The van der Waals surface area contributed by atoms with Crippen molar-refractivity contribution in [2.75, 3.05) is 0 Å². The fraction of sp³-hybridized carbons (Fsp3) is 0.0476. The second-order valence-corrected chi connectivity index (χ2v) is 6.83. The molecule has 0 aliphatic heterocycles. The highest BCUT2D eigenvalue weighted by molar-refractivity contribution is 6.32. The van der Waals surface area contributed by atoms with Gasteiger partial charge in [-0.3, -0.25) is 15.0 Å². The monoisotopic (exact) mass is 354 g/mol. The van der Waals surface area contributed by atoms with Crippen molar-refractivity contribution in [3.63, 3.8) is 0 Å². The molecule has 4 aromatic heterocycles. The van der Waals surface area contributed by atoms with Gasteiger partial charge in [-0.05, 0) is 46.5 Å². The molecule has 0 atom stereocenters. The molecule has 6 rings (SSSR count). The molecule has 0 saturated carbocycles. The van der Waals surface area contributed by atoms with Gasteiger partial charge in [0.1, 0.15) is 5.15 Å². The largest absolute Gasteiger partial charge is 0.256 e. The quantitative estimate of drug-likeness (QED) is 0.382. The van der Waals surface area contributed by atoms with Gasteiger partial charge in [-0.15, -0.1) is 0 Å². The number of rotatable bonds is 0. The lowest BCUT2D eigenvalue weighted by Crippen LogP contribution is -2.26. The highest BCUT2D eigenvalue weighted by Gasteiger charge is 2.54. The van der Waals surface area contributed by atoms with Crippen LogP contribution in [-0.4, -0.2) is 19.9 Å². The first-order valence-corrected chi connectivity index (χ1v) is 8.73. The molecule has 2 aliphatic carbocycles. The molecule has 0 unspecified atom stereocenters. The minimum atomic E-state index is -0.501. The Bertz CT molecular complexity index is 1170. The molecule has 4 nitrogen and oxygen atoms in total. The molecule has 0 radical (unpaired) electrons. The molecular formula is C21H11ClN4. The SMILES string of the molecule is Clc1nccc2c1-c1ncccc1C21c2cccnc2-c2ncccc21.